The van der Waals surface area contributed by atoms with Crippen LogP contribution in [0.4, 0.5) is 0 Å². The molecule has 4 rings (SSSR count). The molecule has 0 aliphatic heterocycles. The zero-order chi connectivity index (χ0) is 18.8. The number of amides is 1. The molecular formula is C20H28N5OS+. The summed E-state index contributed by atoms with van der Waals surface area (Å²) in [6, 6.07) is 11.2. The van der Waals surface area contributed by atoms with Gasteiger partial charge < -0.3 is 14.8 Å². The van der Waals surface area contributed by atoms with E-state index >= 15 is 0 Å². The molecule has 2 fully saturated rings. The molecule has 1 atom stereocenters. The van der Waals surface area contributed by atoms with E-state index in [1.807, 2.05) is 18.2 Å². The van der Waals surface area contributed by atoms with Crippen LogP contribution in [0.15, 0.2) is 35.5 Å². The summed E-state index contributed by atoms with van der Waals surface area (Å²) in [5.41, 5.74) is 1.24. The van der Waals surface area contributed by atoms with Crippen molar-refractivity contribution in [2.75, 3.05) is 26.4 Å². The van der Waals surface area contributed by atoms with E-state index in [1.165, 1.54) is 47.9 Å². The first-order valence-electron chi connectivity index (χ1n) is 9.82. The Morgan fingerprint density at radius 2 is 1.96 bits per heavy atom. The zero-order valence-electron chi connectivity index (χ0n) is 16.0. The minimum absolute atomic E-state index is 0.0560. The number of hydrogen-bond acceptors (Lipinski definition) is 4. The van der Waals surface area contributed by atoms with Crippen molar-refractivity contribution in [2.24, 2.45) is 0 Å². The fourth-order valence-corrected chi connectivity index (χ4v) is 4.26. The quantitative estimate of drug-likeness (QED) is 0.643. The molecule has 1 aromatic heterocycles. The molecule has 6 nitrogen and oxygen atoms in total. The van der Waals surface area contributed by atoms with Crippen molar-refractivity contribution < 1.29 is 9.69 Å². The maximum absolute atomic E-state index is 12.4. The summed E-state index contributed by atoms with van der Waals surface area (Å²) in [7, 11) is 4.24. The summed E-state index contributed by atoms with van der Waals surface area (Å²) >= 11 is 1.52. The van der Waals surface area contributed by atoms with Gasteiger partial charge >= 0.3 is 0 Å². The highest BCUT2D eigenvalue weighted by Gasteiger charge is 2.36. The lowest BCUT2D eigenvalue weighted by atomic mass is 10.1. The molecule has 2 N–H and O–H groups in total. The average molecular weight is 387 g/mol. The van der Waals surface area contributed by atoms with Crippen LogP contribution in [0, 0.1) is 0 Å². The topological polar surface area (TPSA) is 64.2 Å². The first kappa shape index (κ1) is 18.5. The number of likely N-dealkylation sites (N-methyl/N-ethyl adjacent to an activating group) is 1. The number of carbonyl (C=O) groups excluding carboxylic acids is 1. The number of thioether (sulfide) groups is 1. The summed E-state index contributed by atoms with van der Waals surface area (Å²) < 4.78 is 2.30. The molecule has 0 unspecified atom stereocenters. The van der Waals surface area contributed by atoms with Gasteiger partial charge in [0.05, 0.1) is 26.4 Å². The van der Waals surface area contributed by atoms with E-state index in [0.29, 0.717) is 24.3 Å². The van der Waals surface area contributed by atoms with Crippen LogP contribution in [0.5, 0.6) is 0 Å². The fraction of sp³-hybridized carbons (Fsp3) is 0.550. The molecule has 27 heavy (non-hydrogen) atoms. The van der Waals surface area contributed by atoms with Gasteiger partial charge in [-0.05, 0) is 25.7 Å². The van der Waals surface area contributed by atoms with Gasteiger partial charge in [0.2, 0.25) is 5.91 Å². The molecule has 2 aliphatic rings. The first-order chi connectivity index (χ1) is 13.1. The molecule has 144 valence electrons. The highest BCUT2D eigenvalue weighted by Crippen LogP contribution is 2.45. The third kappa shape index (κ3) is 4.52. The van der Waals surface area contributed by atoms with Gasteiger partial charge in [-0.3, -0.25) is 4.79 Å². The molecule has 0 saturated heterocycles. The monoisotopic (exact) mass is 386 g/mol. The first-order valence-corrected chi connectivity index (χ1v) is 10.8. The van der Waals surface area contributed by atoms with Crippen LogP contribution in [0.1, 0.15) is 55.1 Å². The number of benzene rings is 1. The maximum atomic E-state index is 12.4. The number of nitrogens with zero attached hydrogens (tertiary/aromatic N) is 3. The Balaban J connectivity index is 1.32. The van der Waals surface area contributed by atoms with E-state index in [9.17, 15) is 4.79 Å². The van der Waals surface area contributed by atoms with Gasteiger partial charge in [0.25, 0.3) is 0 Å². The number of hydrogen-bond donors (Lipinski definition) is 2. The van der Waals surface area contributed by atoms with Gasteiger partial charge in [-0.1, -0.05) is 42.1 Å². The molecule has 2 saturated carbocycles. The molecule has 1 aromatic carbocycles. The lowest BCUT2D eigenvalue weighted by molar-refractivity contribution is -0.890. The molecule has 2 aliphatic carbocycles. The molecule has 0 radical (unpaired) electrons. The van der Waals surface area contributed by atoms with Crippen LogP contribution in [-0.2, 0) is 4.79 Å². The third-order valence-corrected chi connectivity index (χ3v) is 6.22. The summed E-state index contributed by atoms with van der Waals surface area (Å²) in [6.07, 6.45) is 4.87. The largest absolute Gasteiger partial charge is 0.349 e. The van der Waals surface area contributed by atoms with Crippen LogP contribution in [0.3, 0.4) is 0 Å². The standard InChI is InChI=1S/C20H27N5OS/c1-24(2)17(14-6-4-3-5-7-14)12-21-18(26)13-27-20-23-22-19(15-8-9-15)25(20)16-10-11-16/h3-7,15-17H,8-13H2,1-2H3,(H,21,26)/p+1/t17-/m1/s1. The molecule has 1 heterocycles. The van der Waals surface area contributed by atoms with Gasteiger partial charge in [0.15, 0.2) is 5.16 Å². The van der Waals surface area contributed by atoms with E-state index in [4.69, 9.17) is 0 Å². The van der Waals surface area contributed by atoms with Gasteiger partial charge in [0.1, 0.15) is 11.9 Å². The second-order valence-corrected chi connectivity index (χ2v) is 8.79. The van der Waals surface area contributed by atoms with E-state index in [-0.39, 0.29) is 11.9 Å². The fourth-order valence-electron chi connectivity index (χ4n) is 3.42. The SMILES string of the molecule is C[NH+](C)[C@H](CNC(=O)CSc1nnc(C2CC2)n1C1CC1)c1ccccc1. The van der Waals surface area contributed by atoms with Gasteiger partial charge in [0, 0.05) is 17.5 Å². The summed E-state index contributed by atoms with van der Waals surface area (Å²) in [4.78, 5) is 13.7. The van der Waals surface area contributed by atoms with Crippen molar-refractivity contribution in [3.05, 3.63) is 41.7 Å². The lowest BCUT2D eigenvalue weighted by Gasteiger charge is -2.22. The van der Waals surface area contributed by atoms with Crippen LogP contribution in [0.25, 0.3) is 0 Å². The van der Waals surface area contributed by atoms with Gasteiger partial charge in [-0.2, -0.15) is 0 Å². The second kappa shape index (κ2) is 8.02. The summed E-state index contributed by atoms with van der Waals surface area (Å²) in [5.74, 6) is 2.18. The predicted molar refractivity (Wildman–Crippen MR) is 106 cm³/mol. The Kier molecular flexibility index (Phi) is 5.50. The molecular weight excluding hydrogens is 358 g/mol. The van der Waals surface area contributed by atoms with Crippen molar-refractivity contribution in [1.29, 1.82) is 0 Å². The van der Waals surface area contributed by atoms with Crippen molar-refractivity contribution in [2.45, 2.75) is 48.8 Å². The number of nitrogens with one attached hydrogen (secondary N) is 2. The van der Waals surface area contributed by atoms with E-state index < -0.39 is 0 Å². The third-order valence-electron chi connectivity index (χ3n) is 5.28. The molecule has 0 spiro atoms. The van der Waals surface area contributed by atoms with Crippen molar-refractivity contribution in [3.8, 4) is 0 Å². The molecule has 1 amide bonds. The minimum atomic E-state index is 0.0560. The molecule has 0 bridgehead atoms. The molecule has 2 aromatic rings. The van der Waals surface area contributed by atoms with Crippen LogP contribution < -0.4 is 10.2 Å². The van der Waals surface area contributed by atoms with Gasteiger partial charge in [-0.25, -0.2) is 0 Å². The average Bonchev–Trinajstić information content (AvgIpc) is 3.59. The minimum Gasteiger partial charge on any atom is -0.349 e. The number of quaternary nitrogens is 1. The highest BCUT2D eigenvalue weighted by atomic mass is 32.2. The van der Waals surface area contributed by atoms with Gasteiger partial charge in [-0.15, -0.1) is 10.2 Å². The normalized spacial score (nSPS) is 17.9. The van der Waals surface area contributed by atoms with Crippen LogP contribution >= 0.6 is 11.8 Å². The second-order valence-electron chi connectivity index (χ2n) is 7.85. The maximum Gasteiger partial charge on any atom is 0.230 e. The number of aromatic nitrogens is 3. The predicted octanol–water partition coefficient (Wildman–Crippen LogP) is 1.58. The Bertz CT molecular complexity index is 783. The highest BCUT2D eigenvalue weighted by molar-refractivity contribution is 7.99. The van der Waals surface area contributed by atoms with E-state index in [0.717, 1.165) is 11.0 Å². The van der Waals surface area contributed by atoms with Crippen molar-refractivity contribution >= 4 is 17.7 Å². The van der Waals surface area contributed by atoms with E-state index in [2.05, 4.69) is 46.3 Å². The zero-order valence-corrected chi connectivity index (χ0v) is 16.8. The summed E-state index contributed by atoms with van der Waals surface area (Å²) in [6.45, 7) is 0.633. The van der Waals surface area contributed by atoms with Crippen molar-refractivity contribution in [1.82, 2.24) is 20.1 Å². The Hall–Kier alpha value is -1.86. The summed E-state index contributed by atoms with van der Waals surface area (Å²) in [5, 5.41) is 12.8. The van der Waals surface area contributed by atoms with Crippen LogP contribution in [0.2, 0.25) is 0 Å². The van der Waals surface area contributed by atoms with Crippen molar-refractivity contribution in [3.63, 3.8) is 0 Å². The number of rotatable bonds is 9. The Morgan fingerprint density at radius 1 is 1.22 bits per heavy atom. The Morgan fingerprint density at radius 3 is 2.59 bits per heavy atom. The molecule has 7 heteroatoms. The van der Waals surface area contributed by atoms with E-state index in [1.54, 1.807) is 0 Å². The Labute approximate surface area is 164 Å². The smallest absolute Gasteiger partial charge is 0.230 e. The lowest BCUT2D eigenvalue weighted by Crippen LogP contribution is -3.07. The number of carbonyl (C=O) groups is 1. The van der Waals surface area contributed by atoms with Crippen LogP contribution in [-0.4, -0.2) is 47.1 Å².